The maximum absolute atomic E-state index is 13.2. The van der Waals surface area contributed by atoms with Gasteiger partial charge in [-0.25, -0.2) is 4.39 Å². The van der Waals surface area contributed by atoms with Gasteiger partial charge in [0.1, 0.15) is 11.6 Å². The minimum absolute atomic E-state index is 0.0198. The maximum atomic E-state index is 13.2. The topological polar surface area (TPSA) is 36.0 Å². The van der Waals surface area contributed by atoms with E-state index in [2.05, 4.69) is 11.8 Å². The van der Waals surface area contributed by atoms with Gasteiger partial charge in [-0.3, -0.25) is 9.69 Å². The predicted molar refractivity (Wildman–Crippen MR) is 112 cm³/mol. The molecule has 0 radical (unpaired) electrons. The summed E-state index contributed by atoms with van der Waals surface area (Å²) in [5.74, 6) is 0.481. The van der Waals surface area contributed by atoms with Crippen molar-refractivity contribution in [1.82, 2.24) is 9.80 Å². The van der Waals surface area contributed by atoms with E-state index in [9.17, 15) is 9.18 Å². The molecule has 2 unspecified atom stereocenters. The highest BCUT2D eigenvalue weighted by Gasteiger charge is 2.36. The minimum atomic E-state index is -0.528. The van der Waals surface area contributed by atoms with E-state index in [0.717, 1.165) is 30.9 Å². The number of rotatable bonds is 3. The molecule has 2 atom stereocenters. The summed E-state index contributed by atoms with van der Waals surface area (Å²) < 4.78 is 19.1. The number of ether oxygens (including phenoxy) is 1. The van der Waals surface area contributed by atoms with Crippen LogP contribution in [0, 0.1) is 5.82 Å². The van der Waals surface area contributed by atoms with Crippen molar-refractivity contribution in [3.63, 3.8) is 0 Å². The van der Waals surface area contributed by atoms with Crippen LogP contribution in [0.2, 0.25) is 5.02 Å². The first kappa shape index (κ1) is 20.0. The Bertz CT molecular complexity index is 892. The highest BCUT2D eigenvalue weighted by molar-refractivity contribution is 6.31. The fraction of sp³-hybridized carbons (Fsp3) is 0.409. The second-order valence-electron chi connectivity index (χ2n) is 7.84. The summed E-state index contributed by atoms with van der Waals surface area (Å²) >= 11 is 6.08. The third kappa shape index (κ3) is 4.33. The molecule has 7 heteroatoms. The van der Waals surface area contributed by atoms with E-state index in [1.54, 1.807) is 6.07 Å². The molecule has 29 heavy (non-hydrogen) atoms. The van der Waals surface area contributed by atoms with Crippen LogP contribution in [0.4, 0.5) is 10.1 Å². The van der Waals surface area contributed by atoms with Gasteiger partial charge < -0.3 is 14.5 Å². The van der Waals surface area contributed by atoms with Gasteiger partial charge in [-0.2, -0.15) is 0 Å². The number of fused-ring (bicyclic) bond motifs is 1. The Morgan fingerprint density at radius 2 is 1.93 bits per heavy atom. The van der Waals surface area contributed by atoms with Crippen LogP contribution in [0.3, 0.4) is 0 Å². The van der Waals surface area contributed by atoms with E-state index in [4.69, 9.17) is 16.3 Å². The quantitative estimate of drug-likeness (QED) is 0.766. The van der Waals surface area contributed by atoms with Crippen LogP contribution in [0.5, 0.6) is 5.75 Å². The molecule has 5 nitrogen and oxygen atoms in total. The molecule has 2 aromatic carbocycles. The predicted octanol–water partition coefficient (Wildman–Crippen LogP) is 3.41. The van der Waals surface area contributed by atoms with Crippen molar-refractivity contribution in [1.29, 1.82) is 0 Å². The van der Waals surface area contributed by atoms with Crippen LogP contribution in [0.1, 0.15) is 12.5 Å². The number of nitrogens with zero attached hydrogens (tertiary/aromatic N) is 3. The zero-order chi connectivity index (χ0) is 20.5. The van der Waals surface area contributed by atoms with Gasteiger partial charge >= 0.3 is 0 Å². The lowest BCUT2D eigenvalue weighted by molar-refractivity contribution is -0.143. The smallest absolute Gasteiger partial charge is 0.265 e. The second-order valence-corrected chi connectivity index (χ2v) is 8.28. The SMILES string of the molecule is CC1CN(Cc2ccc(F)cc2)CCN1C(=O)C1CN(C)c2cc(Cl)ccc2O1. The molecule has 0 aromatic heterocycles. The monoisotopic (exact) mass is 417 g/mol. The van der Waals surface area contributed by atoms with Crippen molar-refractivity contribution in [2.45, 2.75) is 25.6 Å². The first-order valence-electron chi connectivity index (χ1n) is 9.85. The van der Waals surface area contributed by atoms with Crippen molar-refractivity contribution in [2.75, 3.05) is 38.1 Å². The molecule has 1 amide bonds. The Labute approximate surface area is 175 Å². The highest BCUT2D eigenvalue weighted by atomic mass is 35.5. The molecule has 0 spiro atoms. The van der Waals surface area contributed by atoms with Crippen molar-refractivity contribution < 1.29 is 13.9 Å². The summed E-state index contributed by atoms with van der Waals surface area (Å²) in [6.07, 6.45) is -0.528. The molecule has 4 rings (SSSR count). The standard InChI is InChI=1S/C22H25ClFN3O2/c1-15-12-26(13-16-3-6-18(24)7-4-16)9-10-27(15)22(28)21-14-25(2)19-11-17(23)5-8-20(19)29-21/h3-8,11,15,21H,9-10,12-14H2,1-2H3. The van der Waals surface area contributed by atoms with Gasteiger partial charge in [0.25, 0.3) is 5.91 Å². The third-order valence-corrected chi connectivity index (χ3v) is 5.87. The number of carbonyl (C=O) groups excluding carboxylic acids is 1. The molecule has 2 heterocycles. The summed E-state index contributed by atoms with van der Waals surface area (Å²) in [5, 5.41) is 0.648. The van der Waals surface area contributed by atoms with Gasteiger partial charge in [0.15, 0.2) is 6.10 Å². The van der Waals surface area contributed by atoms with Crippen molar-refractivity contribution in [3.8, 4) is 5.75 Å². The summed E-state index contributed by atoms with van der Waals surface area (Å²) in [6, 6.07) is 12.1. The number of halogens is 2. The average molecular weight is 418 g/mol. The fourth-order valence-electron chi connectivity index (χ4n) is 4.09. The molecule has 2 aliphatic rings. The lowest BCUT2D eigenvalue weighted by Crippen LogP contribution is -2.58. The zero-order valence-corrected chi connectivity index (χ0v) is 17.4. The van der Waals surface area contributed by atoms with Crippen molar-refractivity contribution >= 4 is 23.2 Å². The van der Waals surface area contributed by atoms with Crippen LogP contribution in [0.25, 0.3) is 0 Å². The molecular weight excluding hydrogens is 393 g/mol. The van der Waals surface area contributed by atoms with E-state index < -0.39 is 6.10 Å². The molecule has 1 fully saturated rings. The van der Waals surface area contributed by atoms with Gasteiger partial charge in [-0.05, 0) is 42.8 Å². The highest BCUT2D eigenvalue weighted by Crippen LogP contribution is 2.35. The van der Waals surface area contributed by atoms with Crippen LogP contribution >= 0.6 is 11.6 Å². The van der Waals surface area contributed by atoms with E-state index >= 15 is 0 Å². The Morgan fingerprint density at radius 1 is 1.17 bits per heavy atom. The summed E-state index contributed by atoms with van der Waals surface area (Å²) in [6.45, 7) is 5.52. The number of anilines is 1. The number of hydrogen-bond donors (Lipinski definition) is 0. The molecule has 0 N–H and O–H groups in total. The van der Waals surface area contributed by atoms with E-state index in [1.807, 2.05) is 41.1 Å². The average Bonchev–Trinajstić information content (AvgIpc) is 2.70. The van der Waals surface area contributed by atoms with Gasteiger partial charge in [-0.1, -0.05) is 23.7 Å². The first-order chi connectivity index (χ1) is 13.9. The van der Waals surface area contributed by atoms with Gasteiger partial charge in [0.2, 0.25) is 0 Å². The number of carbonyl (C=O) groups is 1. The molecule has 1 saturated heterocycles. The zero-order valence-electron chi connectivity index (χ0n) is 16.6. The Balaban J connectivity index is 1.39. The Kier molecular flexibility index (Phi) is 5.65. The van der Waals surface area contributed by atoms with Gasteiger partial charge in [-0.15, -0.1) is 0 Å². The molecule has 154 valence electrons. The van der Waals surface area contributed by atoms with Gasteiger partial charge in [0, 0.05) is 44.3 Å². The van der Waals surface area contributed by atoms with Crippen molar-refractivity contribution in [2.24, 2.45) is 0 Å². The van der Waals surface area contributed by atoms with E-state index in [0.29, 0.717) is 23.9 Å². The Morgan fingerprint density at radius 3 is 2.66 bits per heavy atom. The van der Waals surface area contributed by atoms with E-state index in [1.165, 1.54) is 12.1 Å². The van der Waals surface area contributed by atoms with Crippen LogP contribution in [-0.4, -0.2) is 61.1 Å². The molecular formula is C22H25ClFN3O2. The first-order valence-corrected chi connectivity index (χ1v) is 10.2. The van der Waals surface area contributed by atoms with E-state index in [-0.39, 0.29) is 17.8 Å². The van der Waals surface area contributed by atoms with Crippen molar-refractivity contribution in [3.05, 3.63) is 58.9 Å². The number of hydrogen-bond acceptors (Lipinski definition) is 4. The lowest BCUT2D eigenvalue weighted by atomic mass is 10.1. The number of piperazine rings is 1. The summed E-state index contributed by atoms with van der Waals surface area (Å²) in [4.78, 5) is 19.4. The molecule has 2 aromatic rings. The largest absolute Gasteiger partial charge is 0.477 e. The summed E-state index contributed by atoms with van der Waals surface area (Å²) in [7, 11) is 1.95. The van der Waals surface area contributed by atoms with Crippen LogP contribution in [0.15, 0.2) is 42.5 Å². The summed E-state index contributed by atoms with van der Waals surface area (Å²) in [5.41, 5.74) is 1.98. The third-order valence-electron chi connectivity index (χ3n) is 5.63. The number of likely N-dealkylation sites (N-methyl/N-ethyl adjacent to an activating group) is 1. The lowest BCUT2D eigenvalue weighted by Gasteiger charge is -2.42. The normalized spacial score (nSPS) is 22.2. The minimum Gasteiger partial charge on any atom is -0.477 e. The second kappa shape index (κ2) is 8.20. The molecule has 2 aliphatic heterocycles. The van der Waals surface area contributed by atoms with Gasteiger partial charge in [0.05, 0.1) is 12.2 Å². The fourth-order valence-corrected chi connectivity index (χ4v) is 4.26. The Hall–Kier alpha value is -2.31. The number of benzene rings is 2. The van der Waals surface area contributed by atoms with Crippen LogP contribution in [-0.2, 0) is 11.3 Å². The molecule has 0 aliphatic carbocycles. The maximum Gasteiger partial charge on any atom is 0.265 e. The molecule has 0 bridgehead atoms. The number of amides is 1. The van der Waals surface area contributed by atoms with Crippen LogP contribution < -0.4 is 9.64 Å². The molecule has 0 saturated carbocycles.